The molecule has 0 amide bonds. The molecule has 2 rings (SSSR count). The van der Waals surface area contributed by atoms with Gasteiger partial charge in [-0.2, -0.15) is 0 Å². The molecule has 0 unspecified atom stereocenters. The van der Waals surface area contributed by atoms with Crippen molar-refractivity contribution in [3.8, 4) is 0 Å². The van der Waals surface area contributed by atoms with E-state index in [-0.39, 0.29) is 0 Å². The van der Waals surface area contributed by atoms with E-state index in [2.05, 4.69) is 22.2 Å². The van der Waals surface area contributed by atoms with Gasteiger partial charge in [-0.15, -0.1) is 0 Å². The predicted molar refractivity (Wildman–Crippen MR) is 80.2 cm³/mol. The second-order valence-electron chi connectivity index (χ2n) is 4.19. The average molecular weight is 296 g/mol. The molecule has 0 saturated carbocycles. The van der Waals surface area contributed by atoms with Crippen molar-refractivity contribution in [1.29, 1.82) is 0 Å². The fourth-order valence-electron chi connectivity index (χ4n) is 1.77. The van der Waals surface area contributed by atoms with Crippen molar-refractivity contribution in [3.05, 3.63) is 51.4 Å². The van der Waals surface area contributed by atoms with Gasteiger partial charge in [0.1, 0.15) is 11.6 Å². The molecule has 19 heavy (non-hydrogen) atoms. The Morgan fingerprint density at radius 2 is 1.89 bits per heavy atom. The molecular formula is C14H15Cl2N3. The Morgan fingerprint density at radius 1 is 1.11 bits per heavy atom. The van der Waals surface area contributed by atoms with E-state index < -0.39 is 0 Å². The summed E-state index contributed by atoms with van der Waals surface area (Å²) in [5.74, 6) is 1.61. The first kappa shape index (κ1) is 14.1. The van der Waals surface area contributed by atoms with Gasteiger partial charge in [-0.25, -0.2) is 9.97 Å². The van der Waals surface area contributed by atoms with Crippen molar-refractivity contribution in [2.45, 2.75) is 19.8 Å². The van der Waals surface area contributed by atoms with Crippen LogP contribution in [0.1, 0.15) is 24.0 Å². The maximum atomic E-state index is 6.01. The third-order valence-corrected chi connectivity index (χ3v) is 3.53. The number of aryl methyl sites for hydroxylation is 1. The lowest BCUT2D eigenvalue weighted by Gasteiger charge is -2.07. The van der Waals surface area contributed by atoms with Crippen LogP contribution in [0.25, 0.3) is 0 Å². The molecule has 1 heterocycles. The van der Waals surface area contributed by atoms with Crippen LogP contribution in [0.4, 0.5) is 5.82 Å². The van der Waals surface area contributed by atoms with Gasteiger partial charge in [0, 0.05) is 25.2 Å². The molecule has 0 aliphatic carbocycles. The molecule has 0 atom stereocenters. The Bertz CT molecular complexity index is 563. The van der Waals surface area contributed by atoms with Gasteiger partial charge in [0.15, 0.2) is 0 Å². The van der Waals surface area contributed by atoms with E-state index in [1.807, 2.05) is 25.2 Å². The first-order valence-corrected chi connectivity index (χ1v) is 6.86. The van der Waals surface area contributed by atoms with E-state index in [4.69, 9.17) is 23.2 Å². The normalized spacial score (nSPS) is 10.5. The second kappa shape index (κ2) is 6.22. The third kappa shape index (κ3) is 3.58. The molecule has 0 fully saturated rings. The van der Waals surface area contributed by atoms with Crippen LogP contribution in [0, 0.1) is 0 Å². The number of hydrogen-bond acceptors (Lipinski definition) is 3. The number of anilines is 1. The molecule has 0 radical (unpaired) electrons. The van der Waals surface area contributed by atoms with Gasteiger partial charge in [-0.3, -0.25) is 0 Å². The Balaban J connectivity index is 2.29. The topological polar surface area (TPSA) is 37.8 Å². The SMILES string of the molecule is CCc1cc(NC)nc(Cc2ccc(Cl)c(Cl)c2)n1. The first-order valence-electron chi connectivity index (χ1n) is 6.11. The summed E-state index contributed by atoms with van der Waals surface area (Å²) < 4.78 is 0. The predicted octanol–water partition coefficient (Wildman–Crippen LogP) is 3.98. The van der Waals surface area contributed by atoms with Gasteiger partial charge in [0.05, 0.1) is 10.0 Å². The second-order valence-corrected chi connectivity index (χ2v) is 5.00. The monoisotopic (exact) mass is 295 g/mol. The van der Waals surface area contributed by atoms with E-state index in [1.165, 1.54) is 0 Å². The van der Waals surface area contributed by atoms with Gasteiger partial charge in [0.2, 0.25) is 0 Å². The van der Waals surface area contributed by atoms with Gasteiger partial charge < -0.3 is 5.32 Å². The number of hydrogen-bond donors (Lipinski definition) is 1. The number of halogens is 2. The minimum Gasteiger partial charge on any atom is -0.373 e. The molecule has 0 aliphatic rings. The zero-order chi connectivity index (χ0) is 13.8. The van der Waals surface area contributed by atoms with Gasteiger partial charge >= 0.3 is 0 Å². The molecule has 2 aromatic rings. The Morgan fingerprint density at radius 3 is 2.53 bits per heavy atom. The minimum atomic E-state index is 0.555. The fourth-order valence-corrected chi connectivity index (χ4v) is 2.09. The van der Waals surface area contributed by atoms with E-state index in [9.17, 15) is 0 Å². The van der Waals surface area contributed by atoms with E-state index in [0.717, 1.165) is 29.3 Å². The third-order valence-electron chi connectivity index (χ3n) is 2.79. The smallest absolute Gasteiger partial charge is 0.135 e. The zero-order valence-corrected chi connectivity index (χ0v) is 12.4. The van der Waals surface area contributed by atoms with Crippen molar-refractivity contribution >= 4 is 29.0 Å². The highest BCUT2D eigenvalue weighted by atomic mass is 35.5. The average Bonchev–Trinajstić information content (AvgIpc) is 2.42. The molecule has 0 saturated heterocycles. The molecule has 5 heteroatoms. The van der Waals surface area contributed by atoms with Gasteiger partial charge in [-0.05, 0) is 24.1 Å². The Hall–Kier alpha value is -1.32. The summed E-state index contributed by atoms with van der Waals surface area (Å²) in [6.45, 7) is 2.07. The highest BCUT2D eigenvalue weighted by Crippen LogP contribution is 2.23. The molecular weight excluding hydrogens is 281 g/mol. The highest BCUT2D eigenvalue weighted by molar-refractivity contribution is 6.42. The van der Waals surface area contributed by atoms with E-state index in [1.54, 1.807) is 6.07 Å². The van der Waals surface area contributed by atoms with Crippen molar-refractivity contribution < 1.29 is 0 Å². The summed E-state index contributed by atoms with van der Waals surface area (Å²) in [4.78, 5) is 8.97. The standard InChI is InChI=1S/C14H15Cl2N3/c1-3-10-8-13(17-2)19-14(18-10)7-9-4-5-11(15)12(16)6-9/h4-6,8H,3,7H2,1-2H3,(H,17,18,19). The summed E-state index contributed by atoms with van der Waals surface area (Å²) in [7, 11) is 1.85. The van der Waals surface area contributed by atoms with Crippen molar-refractivity contribution in [1.82, 2.24) is 9.97 Å². The van der Waals surface area contributed by atoms with Crippen LogP contribution in [0.3, 0.4) is 0 Å². The minimum absolute atomic E-state index is 0.555. The van der Waals surface area contributed by atoms with Crippen LogP contribution < -0.4 is 5.32 Å². The van der Waals surface area contributed by atoms with E-state index in [0.29, 0.717) is 16.5 Å². The summed E-state index contributed by atoms with van der Waals surface area (Å²) in [5.41, 5.74) is 2.07. The molecule has 0 bridgehead atoms. The van der Waals surface area contributed by atoms with Crippen LogP contribution in [0.5, 0.6) is 0 Å². The summed E-state index contributed by atoms with van der Waals surface area (Å²) >= 11 is 11.9. The lowest BCUT2D eigenvalue weighted by Crippen LogP contribution is -2.04. The van der Waals surface area contributed by atoms with Gasteiger partial charge in [-0.1, -0.05) is 36.2 Å². The van der Waals surface area contributed by atoms with Crippen LogP contribution in [-0.2, 0) is 12.8 Å². The van der Waals surface area contributed by atoms with Crippen LogP contribution in [-0.4, -0.2) is 17.0 Å². The highest BCUT2D eigenvalue weighted by Gasteiger charge is 2.06. The zero-order valence-electron chi connectivity index (χ0n) is 10.9. The maximum absolute atomic E-state index is 6.01. The lowest BCUT2D eigenvalue weighted by molar-refractivity contribution is 0.908. The Labute approximate surface area is 123 Å². The molecule has 1 aromatic carbocycles. The summed E-state index contributed by atoms with van der Waals surface area (Å²) in [6, 6.07) is 7.54. The van der Waals surface area contributed by atoms with Crippen LogP contribution in [0.15, 0.2) is 24.3 Å². The molecule has 1 aromatic heterocycles. The molecule has 100 valence electrons. The molecule has 1 N–H and O–H groups in total. The van der Waals surface area contributed by atoms with Crippen molar-refractivity contribution in [2.24, 2.45) is 0 Å². The van der Waals surface area contributed by atoms with Crippen LogP contribution in [0.2, 0.25) is 10.0 Å². The number of benzene rings is 1. The summed E-state index contributed by atoms with van der Waals surface area (Å²) in [5, 5.41) is 4.17. The van der Waals surface area contributed by atoms with Crippen molar-refractivity contribution in [2.75, 3.05) is 12.4 Å². The number of nitrogens with zero attached hydrogens (tertiary/aromatic N) is 2. The van der Waals surface area contributed by atoms with E-state index >= 15 is 0 Å². The first-order chi connectivity index (χ1) is 9.12. The van der Waals surface area contributed by atoms with Crippen LogP contribution >= 0.6 is 23.2 Å². The van der Waals surface area contributed by atoms with Gasteiger partial charge in [0.25, 0.3) is 0 Å². The molecule has 0 aliphatic heterocycles. The lowest BCUT2D eigenvalue weighted by atomic mass is 10.1. The number of aromatic nitrogens is 2. The quantitative estimate of drug-likeness (QED) is 0.927. The molecule has 3 nitrogen and oxygen atoms in total. The van der Waals surface area contributed by atoms with Crippen molar-refractivity contribution in [3.63, 3.8) is 0 Å². The maximum Gasteiger partial charge on any atom is 0.135 e. The fraction of sp³-hybridized carbons (Fsp3) is 0.286. The summed E-state index contributed by atoms with van der Waals surface area (Å²) in [6.07, 6.45) is 1.52. The number of rotatable bonds is 4. The molecule has 0 spiro atoms. The Kier molecular flexibility index (Phi) is 4.61. The largest absolute Gasteiger partial charge is 0.373 e. The number of nitrogens with one attached hydrogen (secondary N) is 1.